The Morgan fingerprint density at radius 1 is 1.08 bits per heavy atom. The van der Waals surface area contributed by atoms with Crippen LogP contribution in [-0.2, 0) is 12.8 Å². The zero-order valence-electron chi connectivity index (χ0n) is 14.7. The third kappa shape index (κ3) is 4.89. The SMILES string of the molecule is CCCN=C(NCCc1ccco1)NCCc1c[nH]c2ccccc12. The van der Waals surface area contributed by atoms with E-state index < -0.39 is 0 Å². The first-order chi connectivity index (χ1) is 12.4. The number of furan rings is 1. The van der Waals surface area contributed by atoms with Gasteiger partial charge in [-0.15, -0.1) is 0 Å². The molecule has 0 aliphatic heterocycles. The Morgan fingerprint density at radius 3 is 2.72 bits per heavy atom. The van der Waals surface area contributed by atoms with Crippen molar-refractivity contribution < 1.29 is 4.42 Å². The van der Waals surface area contributed by atoms with Gasteiger partial charge in [0.15, 0.2) is 5.96 Å². The first kappa shape index (κ1) is 17.1. The minimum atomic E-state index is 0.802. The summed E-state index contributed by atoms with van der Waals surface area (Å²) in [5.74, 6) is 1.86. The predicted octanol–water partition coefficient (Wildman–Crippen LogP) is 3.49. The quantitative estimate of drug-likeness (QED) is 0.435. The maximum atomic E-state index is 5.36. The van der Waals surface area contributed by atoms with Gasteiger partial charge in [0.05, 0.1) is 6.26 Å². The second-order valence-corrected chi connectivity index (χ2v) is 6.02. The van der Waals surface area contributed by atoms with Gasteiger partial charge in [-0.25, -0.2) is 0 Å². The van der Waals surface area contributed by atoms with E-state index in [9.17, 15) is 0 Å². The molecule has 0 aliphatic rings. The molecule has 0 unspecified atom stereocenters. The summed E-state index contributed by atoms with van der Waals surface area (Å²) in [6.07, 6.45) is 6.64. The number of nitrogens with zero attached hydrogens (tertiary/aromatic N) is 1. The van der Waals surface area contributed by atoms with Gasteiger partial charge in [-0.05, 0) is 36.6 Å². The number of hydrogen-bond donors (Lipinski definition) is 3. The van der Waals surface area contributed by atoms with Gasteiger partial charge in [0.1, 0.15) is 5.76 Å². The lowest BCUT2D eigenvalue weighted by Gasteiger charge is -2.12. The monoisotopic (exact) mass is 338 g/mol. The van der Waals surface area contributed by atoms with E-state index in [4.69, 9.17) is 4.42 Å². The van der Waals surface area contributed by atoms with Crippen LogP contribution in [0.1, 0.15) is 24.7 Å². The van der Waals surface area contributed by atoms with Crippen molar-refractivity contribution in [1.82, 2.24) is 15.6 Å². The van der Waals surface area contributed by atoms with E-state index in [-0.39, 0.29) is 0 Å². The van der Waals surface area contributed by atoms with E-state index in [1.807, 2.05) is 12.1 Å². The van der Waals surface area contributed by atoms with Crippen LogP contribution in [0.5, 0.6) is 0 Å². The van der Waals surface area contributed by atoms with Crippen molar-refractivity contribution in [3.8, 4) is 0 Å². The van der Waals surface area contributed by atoms with Crippen LogP contribution in [0.4, 0.5) is 0 Å². The minimum Gasteiger partial charge on any atom is -0.469 e. The number of benzene rings is 1. The molecule has 3 N–H and O–H groups in total. The Kier molecular flexibility index (Phi) is 6.15. The summed E-state index contributed by atoms with van der Waals surface area (Å²) in [6, 6.07) is 12.3. The molecular formula is C20H26N4O. The normalized spacial score (nSPS) is 11.8. The number of hydrogen-bond acceptors (Lipinski definition) is 2. The first-order valence-electron chi connectivity index (χ1n) is 8.96. The average Bonchev–Trinajstić information content (AvgIpc) is 3.29. The van der Waals surface area contributed by atoms with Gasteiger partial charge >= 0.3 is 0 Å². The summed E-state index contributed by atoms with van der Waals surface area (Å²) in [5.41, 5.74) is 2.52. The van der Waals surface area contributed by atoms with Gasteiger partial charge in [-0.3, -0.25) is 4.99 Å². The van der Waals surface area contributed by atoms with E-state index in [0.717, 1.165) is 50.6 Å². The van der Waals surface area contributed by atoms with E-state index in [1.165, 1.54) is 16.5 Å². The third-order valence-electron chi connectivity index (χ3n) is 4.10. The number of aromatic nitrogens is 1. The summed E-state index contributed by atoms with van der Waals surface area (Å²) in [6.45, 7) is 4.60. The molecule has 2 aromatic heterocycles. The number of guanidine groups is 1. The Balaban J connectivity index is 1.50. The molecule has 0 bridgehead atoms. The Labute approximate surface area is 148 Å². The predicted molar refractivity (Wildman–Crippen MR) is 103 cm³/mol. The summed E-state index contributed by atoms with van der Waals surface area (Å²) < 4.78 is 5.36. The highest BCUT2D eigenvalue weighted by Gasteiger charge is 2.04. The molecule has 0 fully saturated rings. The van der Waals surface area contributed by atoms with Crippen LogP contribution >= 0.6 is 0 Å². The summed E-state index contributed by atoms with van der Waals surface area (Å²) in [7, 11) is 0. The minimum absolute atomic E-state index is 0.802. The smallest absolute Gasteiger partial charge is 0.191 e. The number of H-pyrrole nitrogens is 1. The number of fused-ring (bicyclic) bond motifs is 1. The standard InChI is InChI=1S/C20H26N4O/c1-2-11-21-20(23-13-10-17-6-5-14-25-17)22-12-9-16-15-24-19-8-4-3-7-18(16)19/h3-8,14-15,24H,2,9-13H2,1H3,(H2,21,22,23). The summed E-state index contributed by atoms with van der Waals surface area (Å²) >= 11 is 0. The molecule has 3 aromatic rings. The van der Waals surface area contributed by atoms with Crippen molar-refractivity contribution in [2.24, 2.45) is 4.99 Å². The maximum Gasteiger partial charge on any atom is 0.191 e. The van der Waals surface area contributed by atoms with E-state index >= 15 is 0 Å². The number of rotatable bonds is 8. The molecule has 2 heterocycles. The molecule has 132 valence electrons. The molecule has 0 saturated carbocycles. The first-order valence-corrected chi connectivity index (χ1v) is 8.96. The zero-order valence-corrected chi connectivity index (χ0v) is 14.7. The van der Waals surface area contributed by atoms with Crippen LogP contribution in [0.3, 0.4) is 0 Å². The molecule has 5 heteroatoms. The van der Waals surface area contributed by atoms with Crippen molar-refractivity contribution in [2.45, 2.75) is 26.2 Å². The molecule has 0 atom stereocenters. The van der Waals surface area contributed by atoms with Crippen LogP contribution < -0.4 is 10.6 Å². The van der Waals surface area contributed by atoms with Crippen molar-refractivity contribution >= 4 is 16.9 Å². The number of aromatic amines is 1. The van der Waals surface area contributed by atoms with Gasteiger partial charge in [0.2, 0.25) is 0 Å². The maximum absolute atomic E-state index is 5.36. The second-order valence-electron chi connectivity index (χ2n) is 6.02. The summed E-state index contributed by atoms with van der Waals surface area (Å²) in [5, 5.41) is 8.11. The van der Waals surface area contributed by atoms with Gasteiger partial charge in [0, 0.05) is 43.2 Å². The second kappa shape index (κ2) is 8.97. The summed E-state index contributed by atoms with van der Waals surface area (Å²) in [4.78, 5) is 7.92. The van der Waals surface area contributed by atoms with E-state index in [1.54, 1.807) is 6.26 Å². The van der Waals surface area contributed by atoms with Crippen LogP contribution in [0.2, 0.25) is 0 Å². The van der Waals surface area contributed by atoms with Crippen molar-refractivity contribution in [3.05, 3.63) is 60.2 Å². The Bertz CT molecular complexity index is 789. The third-order valence-corrected chi connectivity index (χ3v) is 4.10. The van der Waals surface area contributed by atoms with Crippen molar-refractivity contribution in [3.63, 3.8) is 0 Å². The highest BCUT2D eigenvalue weighted by atomic mass is 16.3. The van der Waals surface area contributed by atoms with E-state index in [2.05, 4.69) is 58.0 Å². The fourth-order valence-electron chi connectivity index (χ4n) is 2.81. The van der Waals surface area contributed by atoms with Crippen LogP contribution in [0, 0.1) is 0 Å². The lowest BCUT2D eigenvalue weighted by molar-refractivity contribution is 0.506. The molecule has 3 rings (SSSR count). The molecule has 0 radical (unpaired) electrons. The fraction of sp³-hybridized carbons (Fsp3) is 0.350. The van der Waals surface area contributed by atoms with Crippen LogP contribution in [0.15, 0.2) is 58.3 Å². The highest BCUT2D eigenvalue weighted by molar-refractivity contribution is 5.83. The molecule has 0 saturated heterocycles. The Hall–Kier alpha value is -2.69. The van der Waals surface area contributed by atoms with Gasteiger partial charge < -0.3 is 20.0 Å². The molecule has 1 aromatic carbocycles. The van der Waals surface area contributed by atoms with Crippen molar-refractivity contribution in [2.75, 3.05) is 19.6 Å². The van der Waals surface area contributed by atoms with Gasteiger partial charge in [0.25, 0.3) is 0 Å². The fourth-order valence-corrected chi connectivity index (χ4v) is 2.81. The number of aliphatic imine (C=N–C) groups is 1. The molecular weight excluding hydrogens is 312 g/mol. The topological polar surface area (TPSA) is 65.3 Å². The largest absolute Gasteiger partial charge is 0.469 e. The lowest BCUT2D eigenvalue weighted by Crippen LogP contribution is -2.39. The molecule has 0 aliphatic carbocycles. The van der Waals surface area contributed by atoms with Crippen LogP contribution in [0.25, 0.3) is 10.9 Å². The molecule has 0 spiro atoms. The lowest BCUT2D eigenvalue weighted by atomic mass is 10.1. The number of nitrogens with one attached hydrogen (secondary N) is 3. The van der Waals surface area contributed by atoms with Crippen molar-refractivity contribution in [1.29, 1.82) is 0 Å². The highest BCUT2D eigenvalue weighted by Crippen LogP contribution is 2.17. The van der Waals surface area contributed by atoms with Gasteiger partial charge in [-0.1, -0.05) is 25.1 Å². The molecule has 5 nitrogen and oxygen atoms in total. The van der Waals surface area contributed by atoms with Gasteiger partial charge in [-0.2, -0.15) is 0 Å². The molecule has 25 heavy (non-hydrogen) atoms. The Morgan fingerprint density at radius 2 is 1.92 bits per heavy atom. The zero-order chi connectivity index (χ0) is 17.3. The van der Waals surface area contributed by atoms with Crippen LogP contribution in [-0.4, -0.2) is 30.6 Å². The van der Waals surface area contributed by atoms with E-state index in [0.29, 0.717) is 0 Å². The molecule has 0 amide bonds. The average molecular weight is 338 g/mol. The number of para-hydroxylation sites is 1.